The van der Waals surface area contributed by atoms with E-state index in [-0.39, 0.29) is 11.2 Å². The predicted molar refractivity (Wildman–Crippen MR) is 69.8 cm³/mol. The van der Waals surface area contributed by atoms with Crippen LogP contribution < -0.4 is 11.2 Å². The highest BCUT2D eigenvalue weighted by Gasteiger charge is 2.17. The molecule has 18 heavy (non-hydrogen) atoms. The average Bonchev–Trinajstić information content (AvgIpc) is 2.61. The molecule has 0 saturated carbocycles. The van der Waals surface area contributed by atoms with Gasteiger partial charge in [0.1, 0.15) is 5.82 Å². The summed E-state index contributed by atoms with van der Waals surface area (Å²) in [7, 11) is 3.13. The number of aromatic nitrogens is 4. The monoisotopic (exact) mass is 250 g/mol. The molecule has 0 aliphatic heterocycles. The van der Waals surface area contributed by atoms with Crippen LogP contribution in [0.1, 0.15) is 19.7 Å². The molecule has 0 atom stereocenters. The zero-order valence-electron chi connectivity index (χ0n) is 11.4. The second kappa shape index (κ2) is 4.12. The number of hydrogen-bond donors (Lipinski definition) is 0. The maximum atomic E-state index is 12.2. The summed E-state index contributed by atoms with van der Waals surface area (Å²) in [4.78, 5) is 28.4. The third-order valence-corrected chi connectivity index (χ3v) is 3.09. The quantitative estimate of drug-likeness (QED) is 0.775. The van der Waals surface area contributed by atoms with Gasteiger partial charge in [0.2, 0.25) is 0 Å². The first-order valence-corrected chi connectivity index (χ1v) is 5.97. The van der Waals surface area contributed by atoms with Crippen molar-refractivity contribution in [3.8, 4) is 0 Å². The van der Waals surface area contributed by atoms with E-state index in [1.807, 2.05) is 11.5 Å². The van der Waals surface area contributed by atoms with Crippen molar-refractivity contribution in [3.05, 3.63) is 26.7 Å². The van der Waals surface area contributed by atoms with E-state index in [2.05, 4.69) is 18.8 Å². The third-order valence-electron chi connectivity index (χ3n) is 3.09. The first-order valence-electron chi connectivity index (χ1n) is 5.97. The minimum Gasteiger partial charge on any atom is -0.322 e. The van der Waals surface area contributed by atoms with E-state index in [1.54, 1.807) is 7.05 Å². The summed E-state index contributed by atoms with van der Waals surface area (Å²) in [5, 5.41) is 0. The first-order chi connectivity index (χ1) is 8.34. The van der Waals surface area contributed by atoms with Crippen molar-refractivity contribution in [2.45, 2.75) is 27.3 Å². The molecule has 0 unspecified atom stereocenters. The van der Waals surface area contributed by atoms with Crippen LogP contribution in [0.3, 0.4) is 0 Å². The molecule has 0 aromatic carbocycles. The van der Waals surface area contributed by atoms with Crippen molar-refractivity contribution >= 4 is 11.2 Å². The van der Waals surface area contributed by atoms with Gasteiger partial charge in [-0.25, -0.2) is 9.78 Å². The van der Waals surface area contributed by atoms with E-state index >= 15 is 0 Å². The van der Waals surface area contributed by atoms with Gasteiger partial charge in [-0.1, -0.05) is 13.8 Å². The van der Waals surface area contributed by atoms with Crippen molar-refractivity contribution < 1.29 is 0 Å². The highest BCUT2D eigenvalue weighted by Crippen LogP contribution is 2.12. The van der Waals surface area contributed by atoms with Crippen LogP contribution in [-0.2, 0) is 20.6 Å². The molecule has 0 spiro atoms. The number of rotatable bonds is 2. The molecule has 0 amide bonds. The molecule has 0 saturated heterocycles. The standard InChI is InChI=1S/C12H18N4O2/c1-7(2)6-16-8(3)13-10-9(16)11(17)15(5)12(18)14(10)4/h7H,6H2,1-5H3. The lowest BCUT2D eigenvalue weighted by atomic mass is 10.2. The van der Waals surface area contributed by atoms with Crippen molar-refractivity contribution in [3.63, 3.8) is 0 Å². The van der Waals surface area contributed by atoms with Crippen LogP contribution in [0.25, 0.3) is 11.2 Å². The Balaban J connectivity index is 2.95. The summed E-state index contributed by atoms with van der Waals surface area (Å²) in [6.45, 7) is 6.73. The molecule has 6 heteroatoms. The normalized spacial score (nSPS) is 11.7. The Hall–Kier alpha value is -1.85. The summed E-state index contributed by atoms with van der Waals surface area (Å²) in [6.07, 6.45) is 0. The summed E-state index contributed by atoms with van der Waals surface area (Å²) in [6, 6.07) is 0. The Morgan fingerprint density at radius 3 is 2.33 bits per heavy atom. The van der Waals surface area contributed by atoms with Crippen molar-refractivity contribution in [1.82, 2.24) is 18.7 Å². The molecular weight excluding hydrogens is 232 g/mol. The lowest BCUT2D eigenvalue weighted by Gasteiger charge is -2.10. The maximum Gasteiger partial charge on any atom is 0.332 e. The fourth-order valence-corrected chi connectivity index (χ4v) is 2.14. The lowest BCUT2D eigenvalue weighted by molar-refractivity contribution is 0.522. The summed E-state index contributed by atoms with van der Waals surface area (Å²) in [5.74, 6) is 1.17. The minimum absolute atomic E-state index is 0.283. The Morgan fingerprint density at radius 2 is 1.78 bits per heavy atom. The van der Waals surface area contributed by atoms with Crippen LogP contribution in [-0.4, -0.2) is 18.7 Å². The molecule has 2 aromatic heterocycles. The van der Waals surface area contributed by atoms with Gasteiger partial charge in [-0.05, 0) is 12.8 Å². The molecule has 2 aromatic rings. The summed E-state index contributed by atoms with van der Waals surface area (Å²) >= 11 is 0. The van der Waals surface area contributed by atoms with Crippen LogP contribution in [0.2, 0.25) is 0 Å². The molecule has 0 bridgehead atoms. The van der Waals surface area contributed by atoms with E-state index in [0.29, 0.717) is 17.1 Å². The van der Waals surface area contributed by atoms with Gasteiger partial charge in [0, 0.05) is 20.6 Å². The van der Waals surface area contributed by atoms with Gasteiger partial charge in [0.15, 0.2) is 11.2 Å². The highest BCUT2D eigenvalue weighted by atomic mass is 16.2. The van der Waals surface area contributed by atoms with Crippen LogP contribution >= 0.6 is 0 Å². The molecule has 98 valence electrons. The lowest BCUT2D eigenvalue weighted by Crippen LogP contribution is -2.37. The zero-order chi connectivity index (χ0) is 13.6. The van der Waals surface area contributed by atoms with Gasteiger partial charge in [0.05, 0.1) is 0 Å². The van der Waals surface area contributed by atoms with Crippen molar-refractivity contribution in [2.24, 2.45) is 20.0 Å². The van der Waals surface area contributed by atoms with Gasteiger partial charge in [-0.15, -0.1) is 0 Å². The van der Waals surface area contributed by atoms with E-state index in [9.17, 15) is 9.59 Å². The van der Waals surface area contributed by atoms with Crippen LogP contribution in [0.15, 0.2) is 9.59 Å². The number of fused-ring (bicyclic) bond motifs is 1. The fraction of sp³-hybridized carbons (Fsp3) is 0.583. The molecule has 2 rings (SSSR count). The van der Waals surface area contributed by atoms with Gasteiger partial charge >= 0.3 is 5.69 Å². The Labute approximate surface area is 104 Å². The minimum atomic E-state index is -0.346. The third kappa shape index (κ3) is 1.68. The molecule has 0 fully saturated rings. The molecule has 0 aliphatic rings. The highest BCUT2D eigenvalue weighted by molar-refractivity contribution is 5.70. The zero-order valence-corrected chi connectivity index (χ0v) is 11.4. The second-order valence-corrected chi connectivity index (χ2v) is 5.04. The van der Waals surface area contributed by atoms with Crippen molar-refractivity contribution in [1.29, 1.82) is 0 Å². The van der Waals surface area contributed by atoms with Gasteiger partial charge in [-0.2, -0.15) is 0 Å². The molecule has 0 aliphatic carbocycles. The largest absolute Gasteiger partial charge is 0.332 e. The molecule has 0 N–H and O–H groups in total. The molecule has 2 heterocycles. The average molecular weight is 250 g/mol. The second-order valence-electron chi connectivity index (χ2n) is 5.04. The van der Waals surface area contributed by atoms with Gasteiger partial charge in [-0.3, -0.25) is 13.9 Å². The van der Waals surface area contributed by atoms with E-state index in [4.69, 9.17) is 0 Å². The Morgan fingerprint density at radius 1 is 1.17 bits per heavy atom. The number of imidazole rings is 1. The summed E-state index contributed by atoms with van der Waals surface area (Å²) < 4.78 is 4.43. The van der Waals surface area contributed by atoms with Crippen LogP contribution in [0.5, 0.6) is 0 Å². The van der Waals surface area contributed by atoms with Gasteiger partial charge in [0.25, 0.3) is 5.56 Å². The maximum absolute atomic E-state index is 12.2. The first kappa shape index (κ1) is 12.6. The Bertz CT molecular complexity index is 718. The number of aryl methyl sites for hydroxylation is 2. The topological polar surface area (TPSA) is 61.8 Å². The number of nitrogens with zero attached hydrogens (tertiary/aromatic N) is 4. The fourth-order valence-electron chi connectivity index (χ4n) is 2.14. The van der Waals surface area contributed by atoms with E-state index in [1.165, 1.54) is 11.6 Å². The Kier molecular flexibility index (Phi) is 2.88. The van der Waals surface area contributed by atoms with Crippen LogP contribution in [0.4, 0.5) is 0 Å². The van der Waals surface area contributed by atoms with Crippen molar-refractivity contribution in [2.75, 3.05) is 0 Å². The number of hydrogen-bond acceptors (Lipinski definition) is 3. The smallest absolute Gasteiger partial charge is 0.322 e. The van der Waals surface area contributed by atoms with Gasteiger partial charge < -0.3 is 4.57 Å². The molecule has 6 nitrogen and oxygen atoms in total. The van der Waals surface area contributed by atoms with E-state index < -0.39 is 0 Å². The predicted octanol–water partition coefficient (Wildman–Crippen LogP) is 0.398. The molecular formula is C12H18N4O2. The SMILES string of the molecule is Cc1nc2c(c(=O)n(C)c(=O)n2C)n1CC(C)C. The molecule has 0 radical (unpaired) electrons. The summed E-state index contributed by atoms with van der Waals surface area (Å²) in [5.41, 5.74) is 0.336. The van der Waals surface area contributed by atoms with E-state index in [0.717, 1.165) is 16.9 Å². The van der Waals surface area contributed by atoms with Crippen LogP contribution in [0, 0.1) is 12.8 Å².